The molecule has 2 rings (SSSR count). The van der Waals surface area contributed by atoms with Crippen LogP contribution in [0.2, 0.25) is 0 Å². The molecule has 0 aliphatic carbocycles. The van der Waals surface area contributed by atoms with E-state index in [-0.39, 0.29) is 5.75 Å². The third-order valence-electron chi connectivity index (χ3n) is 2.93. The van der Waals surface area contributed by atoms with Crippen LogP contribution < -0.4 is 10.6 Å². The molecule has 0 aliphatic rings. The van der Waals surface area contributed by atoms with E-state index >= 15 is 0 Å². The average Bonchev–Trinajstić information content (AvgIpc) is 2.43. The Morgan fingerprint density at radius 2 is 2.05 bits per heavy atom. The molecule has 0 saturated heterocycles. The van der Waals surface area contributed by atoms with Gasteiger partial charge in [-0.2, -0.15) is 5.26 Å². The van der Waals surface area contributed by atoms with Gasteiger partial charge in [-0.15, -0.1) is 0 Å². The number of nitrogen functional groups attached to an aromatic ring is 1. The Morgan fingerprint density at radius 1 is 1.26 bits per heavy atom. The molecule has 0 saturated carbocycles. The van der Waals surface area contributed by atoms with E-state index in [1.54, 1.807) is 18.2 Å². The summed E-state index contributed by atoms with van der Waals surface area (Å²) < 4.78 is 0. The zero-order valence-corrected chi connectivity index (χ0v) is 10.7. The molecule has 0 fully saturated rings. The molecule has 4 heteroatoms. The van der Waals surface area contributed by atoms with Crippen LogP contribution in [-0.2, 0) is 6.54 Å². The van der Waals surface area contributed by atoms with Crippen LogP contribution in [0.1, 0.15) is 11.1 Å². The fraction of sp³-hybridized carbons (Fsp3) is 0.133. The Bertz CT molecular complexity index is 632. The number of nitrogens with zero attached hydrogens (tertiary/aromatic N) is 2. The highest BCUT2D eigenvalue weighted by Crippen LogP contribution is 2.23. The summed E-state index contributed by atoms with van der Waals surface area (Å²) in [6.07, 6.45) is 0. The molecule has 2 aromatic rings. The van der Waals surface area contributed by atoms with Crippen LogP contribution in [-0.4, -0.2) is 12.2 Å². The van der Waals surface area contributed by atoms with Crippen LogP contribution in [0.25, 0.3) is 0 Å². The number of benzene rings is 2. The maximum atomic E-state index is 9.39. The molecule has 96 valence electrons. The topological polar surface area (TPSA) is 73.3 Å². The maximum Gasteiger partial charge on any atom is 0.138 e. The smallest absolute Gasteiger partial charge is 0.138 e. The van der Waals surface area contributed by atoms with Crippen molar-refractivity contribution in [1.29, 1.82) is 5.26 Å². The van der Waals surface area contributed by atoms with Crippen molar-refractivity contribution in [2.45, 2.75) is 6.54 Å². The first-order valence-corrected chi connectivity index (χ1v) is 5.89. The monoisotopic (exact) mass is 253 g/mol. The summed E-state index contributed by atoms with van der Waals surface area (Å²) in [5, 5.41) is 18.3. The largest absolute Gasteiger partial charge is 0.506 e. The van der Waals surface area contributed by atoms with Crippen molar-refractivity contribution in [3.8, 4) is 11.8 Å². The Balaban J connectivity index is 2.18. The van der Waals surface area contributed by atoms with Gasteiger partial charge in [-0.1, -0.05) is 12.1 Å². The van der Waals surface area contributed by atoms with E-state index in [9.17, 15) is 5.11 Å². The van der Waals surface area contributed by atoms with Gasteiger partial charge in [-0.3, -0.25) is 0 Å². The second-order valence-corrected chi connectivity index (χ2v) is 4.41. The third kappa shape index (κ3) is 2.96. The van der Waals surface area contributed by atoms with E-state index in [0.29, 0.717) is 17.8 Å². The minimum absolute atomic E-state index is 0.0953. The highest BCUT2D eigenvalue weighted by Gasteiger charge is 2.05. The van der Waals surface area contributed by atoms with Crippen molar-refractivity contribution < 1.29 is 5.11 Å². The maximum absolute atomic E-state index is 9.39. The summed E-state index contributed by atoms with van der Waals surface area (Å²) >= 11 is 0. The van der Waals surface area contributed by atoms with Crippen LogP contribution in [0, 0.1) is 11.3 Å². The quantitative estimate of drug-likeness (QED) is 0.651. The van der Waals surface area contributed by atoms with Gasteiger partial charge in [0.15, 0.2) is 0 Å². The fourth-order valence-corrected chi connectivity index (χ4v) is 1.88. The van der Waals surface area contributed by atoms with Crippen LogP contribution >= 0.6 is 0 Å². The first-order chi connectivity index (χ1) is 9.10. The number of phenols is 1. The van der Waals surface area contributed by atoms with Gasteiger partial charge in [-0.25, -0.2) is 0 Å². The van der Waals surface area contributed by atoms with Crippen molar-refractivity contribution in [3.05, 3.63) is 53.6 Å². The first-order valence-electron chi connectivity index (χ1n) is 5.89. The van der Waals surface area contributed by atoms with E-state index < -0.39 is 0 Å². The van der Waals surface area contributed by atoms with Gasteiger partial charge >= 0.3 is 0 Å². The van der Waals surface area contributed by atoms with Gasteiger partial charge in [0.2, 0.25) is 0 Å². The molecule has 19 heavy (non-hydrogen) atoms. The molecular weight excluding hydrogens is 238 g/mol. The van der Waals surface area contributed by atoms with Crippen molar-refractivity contribution in [3.63, 3.8) is 0 Å². The van der Waals surface area contributed by atoms with Gasteiger partial charge in [0.25, 0.3) is 0 Å². The lowest BCUT2D eigenvalue weighted by Crippen LogP contribution is -2.16. The average molecular weight is 253 g/mol. The highest BCUT2D eigenvalue weighted by atomic mass is 16.3. The first kappa shape index (κ1) is 12.8. The molecule has 0 heterocycles. The third-order valence-corrected chi connectivity index (χ3v) is 2.93. The van der Waals surface area contributed by atoms with Crippen molar-refractivity contribution in [1.82, 2.24) is 0 Å². The Kier molecular flexibility index (Phi) is 3.58. The summed E-state index contributed by atoms with van der Waals surface area (Å²) in [5.74, 6) is 0.0953. The summed E-state index contributed by atoms with van der Waals surface area (Å²) in [4.78, 5) is 2.02. The van der Waals surface area contributed by atoms with E-state index in [2.05, 4.69) is 6.07 Å². The van der Waals surface area contributed by atoms with Gasteiger partial charge in [-0.05, 0) is 35.9 Å². The molecule has 3 N–H and O–H groups in total. The summed E-state index contributed by atoms with van der Waals surface area (Å²) in [6.45, 7) is 0.652. The van der Waals surface area contributed by atoms with Gasteiger partial charge < -0.3 is 15.7 Å². The number of nitriles is 1. The molecule has 0 aromatic heterocycles. The predicted octanol–water partition coefficient (Wildman–Crippen LogP) is 2.48. The number of phenolic OH excluding ortho intramolecular Hbond substituents is 1. The number of nitrogens with two attached hydrogens (primary N) is 1. The van der Waals surface area contributed by atoms with Crippen LogP contribution in [0.4, 0.5) is 11.4 Å². The molecule has 0 radical (unpaired) electrons. The predicted molar refractivity (Wildman–Crippen MR) is 75.8 cm³/mol. The second kappa shape index (κ2) is 5.32. The van der Waals surface area contributed by atoms with E-state index in [4.69, 9.17) is 11.0 Å². The molecule has 0 atom stereocenters. The lowest BCUT2D eigenvalue weighted by molar-refractivity contribution is 0.478. The van der Waals surface area contributed by atoms with Gasteiger partial charge in [0.1, 0.15) is 5.75 Å². The van der Waals surface area contributed by atoms with Gasteiger partial charge in [0.05, 0.1) is 17.3 Å². The summed E-state index contributed by atoms with van der Waals surface area (Å²) in [7, 11) is 1.94. The SMILES string of the molecule is CN(Cc1ccc(O)c(N)c1)c1cccc(C#N)c1. The molecule has 0 amide bonds. The van der Waals surface area contributed by atoms with Crippen molar-refractivity contribution in [2.24, 2.45) is 0 Å². The molecule has 0 unspecified atom stereocenters. The van der Waals surface area contributed by atoms with E-state index in [1.807, 2.05) is 36.2 Å². The minimum atomic E-state index is 0.0953. The number of aromatic hydroxyl groups is 1. The summed E-state index contributed by atoms with van der Waals surface area (Å²) in [5.41, 5.74) is 8.64. The normalized spacial score (nSPS) is 9.89. The van der Waals surface area contributed by atoms with Crippen molar-refractivity contribution >= 4 is 11.4 Å². The van der Waals surface area contributed by atoms with Crippen LogP contribution in [0.15, 0.2) is 42.5 Å². The number of anilines is 2. The lowest BCUT2D eigenvalue weighted by atomic mass is 10.1. The van der Waals surface area contributed by atoms with Crippen molar-refractivity contribution in [2.75, 3.05) is 17.7 Å². The van der Waals surface area contributed by atoms with Crippen LogP contribution in [0.3, 0.4) is 0 Å². The molecule has 4 nitrogen and oxygen atoms in total. The zero-order valence-electron chi connectivity index (χ0n) is 10.7. The number of hydrogen-bond acceptors (Lipinski definition) is 4. The Morgan fingerprint density at radius 3 is 2.74 bits per heavy atom. The molecule has 2 aromatic carbocycles. The Hall–Kier alpha value is -2.67. The zero-order chi connectivity index (χ0) is 13.8. The number of hydrogen-bond donors (Lipinski definition) is 2. The van der Waals surface area contributed by atoms with Crippen LogP contribution in [0.5, 0.6) is 5.75 Å². The molecule has 0 spiro atoms. The summed E-state index contributed by atoms with van der Waals surface area (Å²) in [6, 6.07) is 14.7. The minimum Gasteiger partial charge on any atom is -0.506 e. The van der Waals surface area contributed by atoms with E-state index in [0.717, 1.165) is 11.3 Å². The standard InChI is InChI=1S/C15H15N3O/c1-18(13-4-2-3-11(7-13)9-16)10-12-5-6-15(19)14(17)8-12/h2-8,19H,10,17H2,1H3. The number of rotatable bonds is 3. The molecule has 0 bridgehead atoms. The lowest BCUT2D eigenvalue weighted by Gasteiger charge is -2.20. The highest BCUT2D eigenvalue weighted by molar-refractivity contribution is 5.55. The second-order valence-electron chi connectivity index (χ2n) is 4.41. The molecule has 0 aliphatic heterocycles. The van der Waals surface area contributed by atoms with E-state index in [1.165, 1.54) is 0 Å². The molecular formula is C15H15N3O. The Labute approximate surface area is 112 Å². The van der Waals surface area contributed by atoms with Gasteiger partial charge in [0, 0.05) is 19.3 Å². The fourth-order valence-electron chi connectivity index (χ4n) is 1.88.